The van der Waals surface area contributed by atoms with Gasteiger partial charge in [-0.3, -0.25) is 0 Å². The molecule has 1 aromatic rings. The summed E-state index contributed by atoms with van der Waals surface area (Å²) in [5, 5.41) is 6.61. The lowest BCUT2D eigenvalue weighted by molar-refractivity contribution is 0.0268. The van der Waals surface area contributed by atoms with E-state index >= 15 is 0 Å². The maximum absolute atomic E-state index is 6.08. The van der Waals surface area contributed by atoms with Crippen LogP contribution in [0.3, 0.4) is 0 Å². The molecule has 2 N–H and O–H groups in total. The van der Waals surface area contributed by atoms with E-state index in [1.165, 1.54) is 6.42 Å². The Balaban J connectivity index is 0.00000312. The normalized spacial score (nSPS) is 15.1. The van der Waals surface area contributed by atoms with Crippen LogP contribution in [0.5, 0.6) is 5.75 Å². The molecule has 0 heterocycles. The third-order valence-corrected chi connectivity index (χ3v) is 4.30. The molecule has 6 heteroatoms. The van der Waals surface area contributed by atoms with Gasteiger partial charge >= 0.3 is 0 Å². The third kappa shape index (κ3) is 7.40. The van der Waals surface area contributed by atoms with Crippen LogP contribution in [0.25, 0.3) is 0 Å². The van der Waals surface area contributed by atoms with Gasteiger partial charge in [-0.2, -0.15) is 0 Å². The summed E-state index contributed by atoms with van der Waals surface area (Å²) in [5.41, 5.74) is 0.883. The summed E-state index contributed by atoms with van der Waals surface area (Å²) in [7, 11) is 1.72. The van der Waals surface area contributed by atoms with Crippen molar-refractivity contribution in [2.75, 3.05) is 20.2 Å². The lowest BCUT2D eigenvalue weighted by atomic mass is 9.96. The van der Waals surface area contributed by atoms with Gasteiger partial charge in [-0.05, 0) is 46.1 Å². The van der Waals surface area contributed by atoms with Gasteiger partial charge in [0.05, 0.1) is 18.2 Å². The number of hydrogen-bond acceptors (Lipinski definition) is 3. The van der Waals surface area contributed by atoms with E-state index in [2.05, 4.69) is 23.6 Å². The number of methoxy groups -OCH3 is 1. The summed E-state index contributed by atoms with van der Waals surface area (Å²) >= 11 is 0. The Labute approximate surface area is 169 Å². The van der Waals surface area contributed by atoms with Gasteiger partial charge in [0.2, 0.25) is 0 Å². The first-order chi connectivity index (χ1) is 11.5. The van der Waals surface area contributed by atoms with Gasteiger partial charge < -0.3 is 20.1 Å². The minimum Gasteiger partial charge on any atom is -0.490 e. The number of aliphatic imine (C=N–C) groups is 1. The molecule has 1 aromatic carbocycles. The largest absolute Gasteiger partial charge is 0.490 e. The smallest absolute Gasteiger partial charge is 0.191 e. The highest BCUT2D eigenvalue weighted by atomic mass is 127. The zero-order valence-electron chi connectivity index (χ0n) is 15.8. The van der Waals surface area contributed by atoms with Crippen molar-refractivity contribution in [3.63, 3.8) is 0 Å². The van der Waals surface area contributed by atoms with Crippen molar-refractivity contribution < 1.29 is 9.47 Å². The van der Waals surface area contributed by atoms with Crippen LogP contribution in [0.15, 0.2) is 29.3 Å². The number of benzene rings is 1. The van der Waals surface area contributed by atoms with Crippen molar-refractivity contribution in [2.24, 2.45) is 4.99 Å². The van der Waals surface area contributed by atoms with Gasteiger partial charge in [-0.1, -0.05) is 18.2 Å². The molecule has 0 bridgehead atoms. The Morgan fingerprint density at radius 3 is 2.56 bits per heavy atom. The number of nitrogens with zero attached hydrogens (tertiary/aromatic N) is 1. The summed E-state index contributed by atoms with van der Waals surface area (Å²) in [6.45, 7) is 8.25. The molecular formula is C19H32IN3O2. The minimum atomic E-state index is -0.235. The molecule has 0 unspecified atom stereocenters. The zero-order chi connectivity index (χ0) is 17.4. The zero-order valence-corrected chi connectivity index (χ0v) is 18.1. The third-order valence-electron chi connectivity index (χ3n) is 4.30. The number of guanidine groups is 1. The van der Waals surface area contributed by atoms with Crippen LogP contribution in [0, 0.1) is 0 Å². The van der Waals surface area contributed by atoms with E-state index in [4.69, 9.17) is 14.5 Å². The van der Waals surface area contributed by atoms with Gasteiger partial charge in [-0.25, -0.2) is 4.99 Å². The monoisotopic (exact) mass is 461 g/mol. The standard InChI is InChI=1S/C19H31N3O2.HI/c1-5-20-18(22-14-19(2,3)23-4)21-13-15-9-6-7-12-17(15)24-16-10-8-11-16;/h6-7,9,12,16H,5,8,10-11,13-14H2,1-4H3,(H2,20,21,22);1H. The summed E-state index contributed by atoms with van der Waals surface area (Å²) < 4.78 is 11.5. The highest BCUT2D eigenvalue weighted by molar-refractivity contribution is 14.0. The average Bonchev–Trinajstić information content (AvgIpc) is 2.54. The maximum atomic E-state index is 6.08. The number of rotatable bonds is 8. The fourth-order valence-corrected chi connectivity index (χ4v) is 2.29. The van der Waals surface area contributed by atoms with Crippen molar-refractivity contribution in [3.8, 4) is 5.75 Å². The van der Waals surface area contributed by atoms with Crippen LogP contribution in [0.1, 0.15) is 45.6 Å². The van der Waals surface area contributed by atoms with Crippen molar-refractivity contribution in [1.82, 2.24) is 10.6 Å². The molecule has 0 aromatic heterocycles. The Kier molecular flexibility index (Phi) is 9.56. The molecule has 0 atom stereocenters. The SMILES string of the molecule is CCNC(=NCc1ccccc1OC1CCC1)NCC(C)(C)OC.I. The molecule has 0 spiro atoms. The highest BCUT2D eigenvalue weighted by Gasteiger charge is 2.20. The Morgan fingerprint density at radius 1 is 1.24 bits per heavy atom. The molecule has 1 fully saturated rings. The van der Waals surface area contributed by atoms with E-state index in [9.17, 15) is 0 Å². The average molecular weight is 461 g/mol. The highest BCUT2D eigenvalue weighted by Crippen LogP contribution is 2.27. The molecule has 142 valence electrons. The number of halogens is 1. The van der Waals surface area contributed by atoms with Gasteiger partial charge in [0.15, 0.2) is 5.96 Å². The van der Waals surface area contributed by atoms with Crippen LogP contribution >= 0.6 is 24.0 Å². The molecule has 0 saturated heterocycles. The van der Waals surface area contributed by atoms with Gasteiger partial charge in [0.25, 0.3) is 0 Å². The molecule has 0 aliphatic heterocycles. The van der Waals surface area contributed by atoms with Crippen LogP contribution in [-0.2, 0) is 11.3 Å². The minimum absolute atomic E-state index is 0. The molecule has 1 aliphatic rings. The van der Waals surface area contributed by atoms with Crippen LogP contribution in [0.4, 0.5) is 0 Å². The molecule has 1 saturated carbocycles. The van der Waals surface area contributed by atoms with E-state index < -0.39 is 0 Å². The number of ether oxygens (including phenoxy) is 2. The fraction of sp³-hybridized carbons (Fsp3) is 0.632. The molecular weight excluding hydrogens is 429 g/mol. The van der Waals surface area contributed by atoms with Gasteiger partial charge in [0.1, 0.15) is 5.75 Å². The second kappa shape index (κ2) is 10.9. The first kappa shape index (κ1) is 22.0. The summed E-state index contributed by atoms with van der Waals surface area (Å²) in [5.74, 6) is 1.75. The topological polar surface area (TPSA) is 54.9 Å². The second-order valence-electron chi connectivity index (χ2n) is 6.79. The predicted molar refractivity (Wildman–Crippen MR) is 114 cm³/mol. The Hall–Kier alpha value is -1.02. The van der Waals surface area contributed by atoms with Crippen molar-refractivity contribution >= 4 is 29.9 Å². The first-order valence-electron chi connectivity index (χ1n) is 8.86. The second-order valence-corrected chi connectivity index (χ2v) is 6.79. The molecule has 5 nitrogen and oxygen atoms in total. The Bertz CT molecular complexity index is 545. The predicted octanol–water partition coefficient (Wildman–Crippen LogP) is 3.72. The van der Waals surface area contributed by atoms with Crippen molar-refractivity contribution in [1.29, 1.82) is 0 Å². The van der Waals surface area contributed by atoms with Gasteiger partial charge in [0, 0.05) is 25.8 Å². The molecule has 2 rings (SSSR count). The van der Waals surface area contributed by atoms with E-state index in [-0.39, 0.29) is 29.6 Å². The summed E-state index contributed by atoms with van der Waals surface area (Å²) in [4.78, 5) is 4.69. The van der Waals surface area contributed by atoms with Crippen molar-refractivity contribution in [3.05, 3.63) is 29.8 Å². The molecule has 0 amide bonds. The number of nitrogens with one attached hydrogen (secondary N) is 2. The molecule has 0 radical (unpaired) electrons. The summed E-state index contributed by atoms with van der Waals surface area (Å²) in [6, 6.07) is 8.18. The van der Waals surface area contributed by atoms with Gasteiger partial charge in [-0.15, -0.1) is 24.0 Å². The number of para-hydroxylation sites is 1. The first-order valence-corrected chi connectivity index (χ1v) is 8.86. The van der Waals surface area contributed by atoms with Crippen LogP contribution in [-0.4, -0.2) is 37.9 Å². The van der Waals surface area contributed by atoms with E-state index in [1.807, 2.05) is 32.0 Å². The van der Waals surface area contributed by atoms with E-state index in [1.54, 1.807) is 7.11 Å². The van der Waals surface area contributed by atoms with E-state index in [0.717, 1.165) is 36.7 Å². The lowest BCUT2D eigenvalue weighted by Gasteiger charge is -2.27. The molecule has 25 heavy (non-hydrogen) atoms. The van der Waals surface area contributed by atoms with Crippen molar-refractivity contribution in [2.45, 2.75) is 58.3 Å². The van der Waals surface area contributed by atoms with Crippen LogP contribution in [0.2, 0.25) is 0 Å². The summed E-state index contributed by atoms with van der Waals surface area (Å²) in [6.07, 6.45) is 3.97. The quantitative estimate of drug-likeness (QED) is 0.352. The maximum Gasteiger partial charge on any atom is 0.191 e. The fourth-order valence-electron chi connectivity index (χ4n) is 2.29. The Morgan fingerprint density at radius 2 is 1.96 bits per heavy atom. The van der Waals surface area contributed by atoms with E-state index in [0.29, 0.717) is 19.2 Å². The van der Waals surface area contributed by atoms with Crippen LogP contribution < -0.4 is 15.4 Å². The number of hydrogen-bond donors (Lipinski definition) is 2. The molecule has 1 aliphatic carbocycles. The lowest BCUT2D eigenvalue weighted by Crippen LogP contribution is -2.45.